The molecule has 1 unspecified atom stereocenters. The van der Waals surface area contributed by atoms with Crippen molar-refractivity contribution in [1.29, 1.82) is 0 Å². The van der Waals surface area contributed by atoms with Gasteiger partial charge in [0, 0.05) is 58.3 Å². The van der Waals surface area contributed by atoms with Gasteiger partial charge in [0.05, 0.1) is 19.8 Å². The Morgan fingerprint density at radius 1 is 1.04 bits per heavy atom. The highest BCUT2D eigenvalue weighted by Gasteiger charge is 2.42. The van der Waals surface area contributed by atoms with Crippen LogP contribution < -0.4 is 5.32 Å². The van der Waals surface area contributed by atoms with Gasteiger partial charge in [-0.2, -0.15) is 0 Å². The van der Waals surface area contributed by atoms with Crippen molar-refractivity contribution in [3.63, 3.8) is 0 Å². The number of morpholine rings is 1. The van der Waals surface area contributed by atoms with Crippen LogP contribution in [0.3, 0.4) is 0 Å². The van der Waals surface area contributed by atoms with Gasteiger partial charge in [0.15, 0.2) is 5.96 Å². The lowest BCUT2D eigenvalue weighted by atomic mass is 9.87. The van der Waals surface area contributed by atoms with Crippen LogP contribution in [-0.4, -0.2) is 75.4 Å². The number of hydrogen-bond donors (Lipinski definition) is 1. The maximum absolute atomic E-state index is 5.64. The van der Waals surface area contributed by atoms with Gasteiger partial charge >= 0.3 is 0 Å². The quantitative estimate of drug-likeness (QED) is 0.644. The molecule has 0 bridgehead atoms. The number of hydrogen-bond acceptors (Lipinski definition) is 4. The van der Waals surface area contributed by atoms with Crippen molar-refractivity contribution < 1.29 is 9.47 Å². The van der Waals surface area contributed by atoms with Crippen molar-refractivity contribution in [2.75, 3.05) is 59.7 Å². The van der Waals surface area contributed by atoms with Gasteiger partial charge in [0.2, 0.25) is 0 Å². The Balaban J connectivity index is 1.27. The van der Waals surface area contributed by atoms with Crippen molar-refractivity contribution in [3.8, 4) is 0 Å². The maximum atomic E-state index is 5.64. The Morgan fingerprint density at radius 2 is 1.81 bits per heavy atom. The molecule has 0 saturated carbocycles. The van der Waals surface area contributed by atoms with Gasteiger partial charge in [-0.3, -0.25) is 9.89 Å². The predicted octanol–water partition coefficient (Wildman–Crippen LogP) is 1.71. The van der Waals surface area contributed by atoms with E-state index in [4.69, 9.17) is 9.47 Å². The predicted molar refractivity (Wildman–Crippen MR) is 107 cm³/mol. The molecule has 1 N–H and O–H groups in total. The minimum Gasteiger partial charge on any atom is -0.381 e. The Hall–Kier alpha value is -1.63. The summed E-state index contributed by atoms with van der Waals surface area (Å²) in [6.45, 7) is 9.54. The molecule has 27 heavy (non-hydrogen) atoms. The normalized spacial score (nSPS) is 26.9. The van der Waals surface area contributed by atoms with E-state index in [2.05, 4.69) is 44.4 Å². The molecule has 0 amide bonds. The third-order valence-corrected chi connectivity index (χ3v) is 6.12. The lowest BCUT2D eigenvalue weighted by Crippen LogP contribution is -2.41. The molecule has 1 aromatic carbocycles. The lowest BCUT2D eigenvalue weighted by Gasteiger charge is -2.26. The smallest absolute Gasteiger partial charge is 0.193 e. The zero-order chi connectivity index (χ0) is 18.5. The summed E-state index contributed by atoms with van der Waals surface area (Å²) in [6.07, 6.45) is 2.40. The summed E-state index contributed by atoms with van der Waals surface area (Å²) in [5.41, 5.74) is 3.02. The lowest BCUT2D eigenvalue weighted by molar-refractivity contribution is 0.0342. The van der Waals surface area contributed by atoms with E-state index in [9.17, 15) is 0 Å². The summed E-state index contributed by atoms with van der Waals surface area (Å²) in [7, 11) is 1.88. The summed E-state index contributed by atoms with van der Waals surface area (Å²) < 4.78 is 11.1. The monoisotopic (exact) mass is 372 g/mol. The Labute approximate surface area is 162 Å². The standard InChI is InChI=1S/C21H32N4O2/c1-22-20(25-8-6-21(16-25)7-11-27-17-21)23-14-18-2-4-19(5-3-18)15-24-9-12-26-13-10-24/h2-5H,6-17H2,1H3,(H,22,23). The largest absolute Gasteiger partial charge is 0.381 e. The Morgan fingerprint density at radius 3 is 2.52 bits per heavy atom. The van der Waals surface area contributed by atoms with E-state index in [1.807, 2.05) is 7.05 Å². The molecular formula is C21H32N4O2. The average molecular weight is 373 g/mol. The van der Waals surface area contributed by atoms with E-state index >= 15 is 0 Å². The molecule has 3 heterocycles. The third-order valence-electron chi connectivity index (χ3n) is 6.12. The second-order valence-corrected chi connectivity index (χ2v) is 8.08. The van der Waals surface area contributed by atoms with Crippen LogP contribution in [0.1, 0.15) is 24.0 Å². The fraction of sp³-hybridized carbons (Fsp3) is 0.667. The molecular weight excluding hydrogens is 340 g/mol. The summed E-state index contributed by atoms with van der Waals surface area (Å²) in [5, 5.41) is 3.54. The molecule has 1 spiro atoms. The first-order valence-corrected chi connectivity index (χ1v) is 10.2. The van der Waals surface area contributed by atoms with Crippen LogP contribution in [-0.2, 0) is 22.6 Å². The number of guanidine groups is 1. The highest BCUT2D eigenvalue weighted by atomic mass is 16.5. The molecule has 3 aliphatic rings. The van der Waals surface area contributed by atoms with Crippen LogP contribution in [0.4, 0.5) is 0 Å². The first kappa shape index (κ1) is 18.7. The molecule has 0 radical (unpaired) electrons. The summed E-state index contributed by atoms with van der Waals surface area (Å²) in [6, 6.07) is 8.95. The van der Waals surface area contributed by atoms with E-state index in [0.29, 0.717) is 5.41 Å². The van der Waals surface area contributed by atoms with E-state index in [1.54, 1.807) is 0 Å². The van der Waals surface area contributed by atoms with Gasteiger partial charge in [-0.15, -0.1) is 0 Å². The molecule has 1 atom stereocenters. The molecule has 0 aliphatic carbocycles. The first-order valence-electron chi connectivity index (χ1n) is 10.2. The number of ether oxygens (including phenoxy) is 2. The summed E-state index contributed by atoms with van der Waals surface area (Å²) >= 11 is 0. The highest BCUT2D eigenvalue weighted by molar-refractivity contribution is 5.80. The minimum absolute atomic E-state index is 0.360. The second kappa shape index (κ2) is 8.59. The third kappa shape index (κ3) is 4.62. The van der Waals surface area contributed by atoms with Crippen LogP contribution >= 0.6 is 0 Å². The van der Waals surface area contributed by atoms with Crippen molar-refractivity contribution in [2.24, 2.45) is 10.4 Å². The number of nitrogens with one attached hydrogen (secondary N) is 1. The molecule has 148 valence electrons. The SMILES string of the molecule is CN=C(NCc1ccc(CN2CCOCC2)cc1)N1CCC2(CCOC2)C1. The fourth-order valence-electron chi connectivity index (χ4n) is 4.38. The highest BCUT2D eigenvalue weighted by Crippen LogP contribution is 2.38. The van der Waals surface area contributed by atoms with Gasteiger partial charge in [-0.25, -0.2) is 0 Å². The van der Waals surface area contributed by atoms with Crippen LogP contribution in [0.2, 0.25) is 0 Å². The van der Waals surface area contributed by atoms with E-state index in [1.165, 1.54) is 24.0 Å². The maximum Gasteiger partial charge on any atom is 0.193 e. The zero-order valence-electron chi connectivity index (χ0n) is 16.5. The van der Waals surface area contributed by atoms with E-state index < -0.39 is 0 Å². The van der Waals surface area contributed by atoms with Crippen LogP contribution in [0.25, 0.3) is 0 Å². The Bertz CT molecular complexity index is 634. The molecule has 4 rings (SSSR count). The molecule has 3 saturated heterocycles. The van der Waals surface area contributed by atoms with Crippen molar-refractivity contribution in [1.82, 2.24) is 15.1 Å². The summed E-state index contributed by atoms with van der Waals surface area (Å²) in [4.78, 5) is 9.35. The number of rotatable bonds is 4. The Kier molecular flexibility index (Phi) is 5.95. The molecule has 1 aromatic rings. The van der Waals surface area contributed by atoms with Gasteiger partial charge in [-0.05, 0) is 24.0 Å². The molecule has 0 aromatic heterocycles. The van der Waals surface area contributed by atoms with E-state index in [-0.39, 0.29) is 0 Å². The molecule has 3 aliphatic heterocycles. The van der Waals surface area contributed by atoms with Crippen LogP contribution in [0.5, 0.6) is 0 Å². The number of nitrogens with zero attached hydrogens (tertiary/aromatic N) is 3. The number of benzene rings is 1. The number of likely N-dealkylation sites (tertiary alicyclic amines) is 1. The first-order chi connectivity index (χ1) is 13.3. The zero-order valence-corrected chi connectivity index (χ0v) is 16.5. The van der Waals surface area contributed by atoms with Gasteiger partial charge in [0.1, 0.15) is 0 Å². The van der Waals surface area contributed by atoms with Crippen molar-refractivity contribution in [3.05, 3.63) is 35.4 Å². The second-order valence-electron chi connectivity index (χ2n) is 8.08. The van der Waals surface area contributed by atoms with Gasteiger partial charge in [0.25, 0.3) is 0 Å². The van der Waals surface area contributed by atoms with E-state index in [0.717, 1.165) is 71.7 Å². The van der Waals surface area contributed by atoms with Crippen LogP contribution in [0.15, 0.2) is 29.3 Å². The van der Waals surface area contributed by atoms with Gasteiger partial charge in [-0.1, -0.05) is 24.3 Å². The molecule has 6 nitrogen and oxygen atoms in total. The van der Waals surface area contributed by atoms with Crippen LogP contribution in [0, 0.1) is 5.41 Å². The molecule has 6 heteroatoms. The van der Waals surface area contributed by atoms with Gasteiger partial charge < -0.3 is 19.7 Å². The van der Waals surface area contributed by atoms with Crippen molar-refractivity contribution >= 4 is 5.96 Å². The summed E-state index contributed by atoms with van der Waals surface area (Å²) in [5.74, 6) is 1.01. The molecule has 3 fully saturated rings. The minimum atomic E-state index is 0.360. The fourth-order valence-corrected chi connectivity index (χ4v) is 4.38. The van der Waals surface area contributed by atoms with Crippen molar-refractivity contribution in [2.45, 2.75) is 25.9 Å². The topological polar surface area (TPSA) is 49.3 Å². The number of aliphatic imine (C=N–C) groups is 1. The average Bonchev–Trinajstić information content (AvgIpc) is 3.34.